The fourth-order valence-electron chi connectivity index (χ4n) is 1.74. The van der Waals surface area contributed by atoms with Gasteiger partial charge in [-0.1, -0.05) is 12.2 Å². The van der Waals surface area contributed by atoms with E-state index in [4.69, 9.17) is 4.74 Å². The number of hydrogen-bond acceptors (Lipinski definition) is 2. The van der Waals surface area contributed by atoms with Crippen molar-refractivity contribution in [3.8, 4) is 5.75 Å². The molecule has 0 bridgehead atoms. The molecular formula is C13H17NO. The molecule has 1 N–H and O–H groups in total. The molecule has 2 rings (SSSR count). The first-order chi connectivity index (χ1) is 7.11. The van der Waals surface area contributed by atoms with E-state index in [2.05, 4.69) is 43.4 Å². The standard InChI is InChI=1S/C13H17NO/c1-4-15-11-5-6-12-10(9-11)7-8-13(2,3)14-12/h5-9,14H,4H2,1-3H3. The highest BCUT2D eigenvalue weighted by atomic mass is 16.5. The molecule has 0 amide bonds. The first-order valence-corrected chi connectivity index (χ1v) is 5.35. The summed E-state index contributed by atoms with van der Waals surface area (Å²) in [4.78, 5) is 0. The highest BCUT2D eigenvalue weighted by molar-refractivity contribution is 5.73. The van der Waals surface area contributed by atoms with Gasteiger partial charge in [0.15, 0.2) is 0 Å². The summed E-state index contributed by atoms with van der Waals surface area (Å²) in [7, 11) is 0. The van der Waals surface area contributed by atoms with E-state index in [1.165, 1.54) is 11.3 Å². The fourth-order valence-corrected chi connectivity index (χ4v) is 1.74. The molecule has 2 nitrogen and oxygen atoms in total. The molecule has 80 valence electrons. The van der Waals surface area contributed by atoms with Gasteiger partial charge in [-0.05, 0) is 39.0 Å². The average Bonchev–Trinajstić information content (AvgIpc) is 2.18. The molecule has 0 radical (unpaired) electrons. The number of hydrogen-bond donors (Lipinski definition) is 1. The summed E-state index contributed by atoms with van der Waals surface area (Å²) in [5.41, 5.74) is 2.41. The van der Waals surface area contributed by atoms with Crippen LogP contribution < -0.4 is 10.1 Å². The molecule has 0 spiro atoms. The van der Waals surface area contributed by atoms with E-state index < -0.39 is 0 Å². The van der Waals surface area contributed by atoms with Gasteiger partial charge in [-0.15, -0.1) is 0 Å². The van der Waals surface area contributed by atoms with E-state index in [0.29, 0.717) is 6.61 Å². The van der Waals surface area contributed by atoms with Crippen LogP contribution in [0.3, 0.4) is 0 Å². The van der Waals surface area contributed by atoms with Crippen molar-refractivity contribution in [2.24, 2.45) is 0 Å². The summed E-state index contributed by atoms with van der Waals surface area (Å²) >= 11 is 0. The smallest absolute Gasteiger partial charge is 0.120 e. The van der Waals surface area contributed by atoms with Gasteiger partial charge in [0, 0.05) is 11.3 Å². The molecule has 1 aromatic carbocycles. The Labute approximate surface area is 91.0 Å². The van der Waals surface area contributed by atoms with Crippen molar-refractivity contribution in [2.45, 2.75) is 26.3 Å². The second-order valence-electron chi connectivity index (χ2n) is 4.36. The number of ether oxygens (including phenoxy) is 1. The number of anilines is 1. The van der Waals surface area contributed by atoms with Crippen LogP contribution in [0.1, 0.15) is 26.3 Å². The van der Waals surface area contributed by atoms with E-state index in [-0.39, 0.29) is 5.54 Å². The molecule has 0 saturated carbocycles. The van der Waals surface area contributed by atoms with Crippen LogP contribution in [0, 0.1) is 0 Å². The topological polar surface area (TPSA) is 21.3 Å². The zero-order chi connectivity index (χ0) is 10.9. The third-order valence-electron chi connectivity index (χ3n) is 2.47. The Morgan fingerprint density at radius 3 is 2.87 bits per heavy atom. The molecule has 0 atom stereocenters. The molecular weight excluding hydrogens is 186 g/mol. The van der Waals surface area contributed by atoms with E-state index in [9.17, 15) is 0 Å². The molecule has 15 heavy (non-hydrogen) atoms. The fraction of sp³-hybridized carbons (Fsp3) is 0.385. The Bertz CT molecular complexity index is 394. The van der Waals surface area contributed by atoms with Crippen molar-refractivity contribution in [1.29, 1.82) is 0 Å². The predicted molar refractivity (Wildman–Crippen MR) is 64.3 cm³/mol. The highest BCUT2D eigenvalue weighted by Crippen LogP contribution is 2.30. The summed E-state index contributed by atoms with van der Waals surface area (Å²) in [5, 5.41) is 3.46. The monoisotopic (exact) mass is 203 g/mol. The molecule has 1 heterocycles. The van der Waals surface area contributed by atoms with Crippen LogP contribution in [-0.2, 0) is 0 Å². The molecule has 0 aliphatic carbocycles. The minimum atomic E-state index is 0.0418. The van der Waals surface area contributed by atoms with Crippen molar-refractivity contribution in [1.82, 2.24) is 0 Å². The molecule has 0 unspecified atom stereocenters. The van der Waals surface area contributed by atoms with E-state index in [1.807, 2.05) is 13.0 Å². The molecule has 1 aliphatic rings. The van der Waals surface area contributed by atoms with Crippen molar-refractivity contribution in [3.63, 3.8) is 0 Å². The summed E-state index contributed by atoms with van der Waals surface area (Å²) in [6.07, 6.45) is 4.32. The van der Waals surface area contributed by atoms with Gasteiger partial charge in [0.2, 0.25) is 0 Å². The maximum absolute atomic E-state index is 5.46. The van der Waals surface area contributed by atoms with Crippen molar-refractivity contribution in [3.05, 3.63) is 29.8 Å². The first-order valence-electron chi connectivity index (χ1n) is 5.35. The van der Waals surface area contributed by atoms with E-state index in [1.54, 1.807) is 0 Å². The van der Waals surface area contributed by atoms with Crippen molar-refractivity contribution >= 4 is 11.8 Å². The lowest BCUT2D eigenvalue weighted by Gasteiger charge is -2.29. The Morgan fingerprint density at radius 2 is 2.13 bits per heavy atom. The second-order valence-corrected chi connectivity index (χ2v) is 4.36. The van der Waals surface area contributed by atoms with Gasteiger partial charge in [0.1, 0.15) is 5.75 Å². The van der Waals surface area contributed by atoms with Crippen LogP contribution >= 0.6 is 0 Å². The van der Waals surface area contributed by atoms with E-state index in [0.717, 1.165) is 5.75 Å². The molecule has 0 saturated heterocycles. The minimum absolute atomic E-state index is 0.0418. The zero-order valence-corrected chi connectivity index (χ0v) is 9.50. The van der Waals surface area contributed by atoms with Crippen LogP contribution in [0.25, 0.3) is 6.08 Å². The van der Waals surface area contributed by atoms with Gasteiger partial charge in [0.05, 0.1) is 12.1 Å². The number of rotatable bonds is 2. The van der Waals surface area contributed by atoms with Crippen molar-refractivity contribution in [2.75, 3.05) is 11.9 Å². The molecule has 1 aliphatic heterocycles. The number of benzene rings is 1. The van der Waals surface area contributed by atoms with Gasteiger partial charge in [-0.3, -0.25) is 0 Å². The molecule has 0 aromatic heterocycles. The van der Waals surface area contributed by atoms with E-state index >= 15 is 0 Å². The third-order valence-corrected chi connectivity index (χ3v) is 2.47. The largest absolute Gasteiger partial charge is 0.494 e. The Kier molecular flexibility index (Phi) is 2.43. The van der Waals surface area contributed by atoms with Crippen LogP contribution in [-0.4, -0.2) is 12.1 Å². The Morgan fingerprint density at radius 1 is 1.33 bits per heavy atom. The molecule has 0 fully saturated rings. The van der Waals surface area contributed by atoms with Crippen LogP contribution in [0.15, 0.2) is 24.3 Å². The summed E-state index contributed by atoms with van der Waals surface area (Å²) in [6.45, 7) is 7.02. The Hall–Kier alpha value is -1.44. The minimum Gasteiger partial charge on any atom is -0.494 e. The zero-order valence-electron chi connectivity index (χ0n) is 9.50. The quantitative estimate of drug-likeness (QED) is 0.796. The predicted octanol–water partition coefficient (Wildman–Crippen LogP) is 3.30. The average molecular weight is 203 g/mol. The van der Waals surface area contributed by atoms with Gasteiger partial charge in [-0.25, -0.2) is 0 Å². The van der Waals surface area contributed by atoms with Crippen LogP contribution in [0.4, 0.5) is 5.69 Å². The molecule has 1 aromatic rings. The van der Waals surface area contributed by atoms with Gasteiger partial charge >= 0.3 is 0 Å². The maximum Gasteiger partial charge on any atom is 0.120 e. The van der Waals surface area contributed by atoms with Crippen LogP contribution in [0.5, 0.6) is 5.75 Å². The van der Waals surface area contributed by atoms with Crippen LogP contribution in [0.2, 0.25) is 0 Å². The lowest BCUT2D eigenvalue weighted by atomic mass is 9.97. The SMILES string of the molecule is CCOc1ccc2c(c1)C=CC(C)(C)N2. The van der Waals surface area contributed by atoms with Gasteiger partial charge in [-0.2, -0.15) is 0 Å². The lowest BCUT2D eigenvalue weighted by molar-refractivity contribution is 0.340. The van der Waals surface area contributed by atoms with Crippen molar-refractivity contribution < 1.29 is 4.74 Å². The maximum atomic E-state index is 5.46. The molecule has 2 heteroatoms. The summed E-state index contributed by atoms with van der Waals surface area (Å²) in [6, 6.07) is 6.15. The normalized spacial score (nSPS) is 16.7. The summed E-state index contributed by atoms with van der Waals surface area (Å²) in [5.74, 6) is 0.933. The summed E-state index contributed by atoms with van der Waals surface area (Å²) < 4.78 is 5.46. The lowest BCUT2D eigenvalue weighted by Crippen LogP contribution is -2.30. The first kappa shape index (κ1) is 10.1. The highest BCUT2D eigenvalue weighted by Gasteiger charge is 2.18. The number of fused-ring (bicyclic) bond motifs is 1. The third kappa shape index (κ3) is 2.14. The second kappa shape index (κ2) is 3.61. The Balaban J connectivity index is 2.32. The van der Waals surface area contributed by atoms with Gasteiger partial charge < -0.3 is 10.1 Å². The van der Waals surface area contributed by atoms with Gasteiger partial charge in [0.25, 0.3) is 0 Å². The number of nitrogens with one attached hydrogen (secondary N) is 1.